The molecule has 2 aromatic carbocycles. The number of halogens is 4. The lowest BCUT2D eigenvalue weighted by atomic mass is 9.93. The summed E-state index contributed by atoms with van der Waals surface area (Å²) in [5.41, 5.74) is -1.72. The maximum atomic E-state index is 13.8. The Bertz CT molecular complexity index is 2160. The van der Waals surface area contributed by atoms with Crippen molar-refractivity contribution in [2.75, 3.05) is 40.1 Å². The van der Waals surface area contributed by atoms with Crippen molar-refractivity contribution in [1.29, 1.82) is 5.26 Å². The number of alkyl halides is 3. The second-order valence-corrected chi connectivity index (χ2v) is 16.4. The van der Waals surface area contributed by atoms with Gasteiger partial charge in [-0.15, -0.1) is 12.6 Å². The third kappa shape index (κ3) is 9.55. The summed E-state index contributed by atoms with van der Waals surface area (Å²) in [5.74, 6) is -0.292. The summed E-state index contributed by atoms with van der Waals surface area (Å²) in [6, 6.07) is 11.8. The lowest BCUT2D eigenvalue weighted by Crippen LogP contribution is -2.47. The Morgan fingerprint density at radius 2 is 1.81 bits per heavy atom. The van der Waals surface area contributed by atoms with Crippen LogP contribution in [0.5, 0.6) is 5.75 Å². The molecule has 18 heteroatoms. The first kappa shape index (κ1) is 43.5. The summed E-state index contributed by atoms with van der Waals surface area (Å²) in [6.07, 6.45) is 0.0200. The van der Waals surface area contributed by atoms with Crippen LogP contribution >= 0.6 is 24.2 Å². The Morgan fingerprint density at radius 3 is 2.47 bits per heavy atom. The summed E-state index contributed by atoms with van der Waals surface area (Å²) in [4.78, 5) is 59.4. The lowest BCUT2D eigenvalue weighted by molar-refractivity contribution is -0.138. The van der Waals surface area contributed by atoms with Crippen LogP contribution < -0.4 is 30.5 Å². The molecule has 0 spiro atoms. The molecule has 3 aromatic rings. The fourth-order valence-corrected chi connectivity index (χ4v) is 8.69. The Kier molecular flexibility index (Phi) is 13.0. The van der Waals surface area contributed by atoms with Gasteiger partial charge in [-0.1, -0.05) is 18.5 Å². The summed E-state index contributed by atoms with van der Waals surface area (Å²) in [5, 5.41) is 17.9. The SMILES string of the molecule is CCc1cc(N2[C@H](S)N(c3cnc(C#N)c(C(F)(F)F)c3)C(=O)C2(C)C)ccc1OCCC1CCN([C@@H](C)C(=O)Nc2cc(Cl)cc(N[C@H]3CCC(=O)NC3=O)c2)CC1. The third-order valence-electron chi connectivity index (χ3n) is 11.2. The van der Waals surface area contributed by atoms with E-state index < -0.39 is 52.4 Å². The smallest absolute Gasteiger partial charge is 0.419 e. The van der Waals surface area contributed by atoms with Crippen molar-refractivity contribution in [1.82, 2.24) is 15.2 Å². The molecular formula is C41H46ClF3N8O5S. The zero-order valence-corrected chi connectivity index (χ0v) is 34.7. The molecule has 3 atom stereocenters. The van der Waals surface area contributed by atoms with Crippen molar-refractivity contribution in [3.05, 3.63) is 70.5 Å². The molecule has 0 radical (unpaired) electrons. The number of hydrogen-bond acceptors (Lipinski definition) is 11. The molecule has 3 aliphatic rings. The van der Waals surface area contributed by atoms with Gasteiger partial charge in [0.15, 0.2) is 11.2 Å². The number of likely N-dealkylation sites (tertiary alicyclic amines) is 1. The van der Waals surface area contributed by atoms with Crippen LogP contribution in [0.2, 0.25) is 5.02 Å². The molecule has 0 aliphatic carbocycles. The first-order valence-corrected chi connectivity index (χ1v) is 20.3. The highest BCUT2D eigenvalue weighted by molar-refractivity contribution is 7.81. The number of aromatic nitrogens is 1. The predicted molar refractivity (Wildman–Crippen MR) is 220 cm³/mol. The van der Waals surface area contributed by atoms with Crippen molar-refractivity contribution in [2.45, 2.75) is 95.5 Å². The number of imide groups is 1. The number of piperidine rings is 2. The second-order valence-electron chi connectivity index (χ2n) is 15.5. The minimum Gasteiger partial charge on any atom is -0.493 e. The van der Waals surface area contributed by atoms with E-state index in [1.54, 1.807) is 43.0 Å². The topological polar surface area (TPSA) is 160 Å². The van der Waals surface area contributed by atoms with Gasteiger partial charge in [-0.05, 0) is 120 Å². The fraction of sp³-hybridized carbons (Fsp3) is 0.463. The summed E-state index contributed by atoms with van der Waals surface area (Å²) in [6.45, 7) is 9.13. The molecule has 0 bridgehead atoms. The van der Waals surface area contributed by atoms with Crippen LogP contribution in [0.15, 0.2) is 48.7 Å². The quantitative estimate of drug-likeness (QED) is 0.113. The number of nitrogens with one attached hydrogen (secondary N) is 3. The minimum atomic E-state index is -4.84. The van der Waals surface area contributed by atoms with Gasteiger partial charge in [0.2, 0.25) is 17.7 Å². The molecule has 4 amide bonds. The molecule has 6 rings (SSSR count). The molecule has 0 saturated carbocycles. The molecule has 0 unspecified atom stereocenters. The van der Waals surface area contributed by atoms with E-state index in [2.05, 4.69) is 25.8 Å². The Hall–Kier alpha value is -5.05. The van der Waals surface area contributed by atoms with Gasteiger partial charge in [-0.2, -0.15) is 18.4 Å². The number of ether oxygens (including phenoxy) is 1. The van der Waals surface area contributed by atoms with E-state index >= 15 is 0 Å². The second kappa shape index (κ2) is 17.7. The number of aryl methyl sites for hydroxylation is 1. The van der Waals surface area contributed by atoms with Crippen LogP contribution in [0.3, 0.4) is 0 Å². The number of pyridine rings is 1. The van der Waals surface area contributed by atoms with Crippen molar-refractivity contribution < 1.29 is 37.1 Å². The number of carbonyl (C=O) groups is 4. The number of benzene rings is 2. The summed E-state index contributed by atoms with van der Waals surface area (Å²) >= 11 is 11.0. The van der Waals surface area contributed by atoms with Gasteiger partial charge in [-0.25, -0.2) is 4.98 Å². The summed E-state index contributed by atoms with van der Waals surface area (Å²) in [7, 11) is 0. The Labute approximate surface area is 351 Å². The number of amides is 4. The average Bonchev–Trinajstić information content (AvgIpc) is 3.36. The van der Waals surface area contributed by atoms with Crippen LogP contribution in [-0.4, -0.2) is 76.3 Å². The molecule has 314 valence electrons. The minimum absolute atomic E-state index is 0.120. The number of thiol groups is 1. The molecule has 3 aliphatic heterocycles. The van der Waals surface area contributed by atoms with Gasteiger partial charge in [-0.3, -0.25) is 34.3 Å². The number of hydrogen-bond donors (Lipinski definition) is 4. The van der Waals surface area contributed by atoms with Crippen LogP contribution in [0.25, 0.3) is 0 Å². The monoisotopic (exact) mass is 854 g/mol. The van der Waals surface area contributed by atoms with Crippen LogP contribution in [0.4, 0.5) is 35.9 Å². The molecule has 1 aromatic heterocycles. The highest BCUT2D eigenvalue weighted by Crippen LogP contribution is 2.43. The van der Waals surface area contributed by atoms with Crippen LogP contribution in [0, 0.1) is 17.2 Å². The average molecular weight is 855 g/mol. The lowest BCUT2D eigenvalue weighted by Gasteiger charge is -2.35. The Balaban J connectivity index is 1.01. The van der Waals surface area contributed by atoms with Gasteiger partial charge in [0.05, 0.1) is 30.1 Å². The molecular weight excluding hydrogens is 809 g/mol. The number of rotatable bonds is 12. The predicted octanol–water partition coefficient (Wildman–Crippen LogP) is 6.76. The fourth-order valence-electron chi connectivity index (χ4n) is 7.79. The maximum absolute atomic E-state index is 13.8. The first-order valence-electron chi connectivity index (χ1n) is 19.4. The van der Waals surface area contributed by atoms with Gasteiger partial charge in [0.1, 0.15) is 23.4 Å². The largest absolute Gasteiger partial charge is 0.493 e. The number of anilines is 4. The molecule has 59 heavy (non-hydrogen) atoms. The van der Waals surface area contributed by atoms with Crippen LogP contribution in [-0.2, 0) is 31.8 Å². The number of carbonyl (C=O) groups excluding carboxylic acids is 4. The van der Waals surface area contributed by atoms with E-state index in [9.17, 15) is 37.6 Å². The maximum Gasteiger partial charge on any atom is 0.419 e. The van der Waals surface area contributed by atoms with Gasteiger partial charge >= 0.3 is 6.18 Å². The zero-order valence-electron chi connectivity index (χ0n) is 33.0. The zero-order chi connectivity index (χ0) is 42.8. The molecule has 4 heterocycles. The Morgan fingerprint density at radius 1 is 1.10 bits per heavy atom. The highest BCUT2D eigenvalue weighted by Gasteiger charge is 2.52. The van der Waals surface area contributed by atoms with E-state index in [1.807, 2.05) is 26.0 Å². The number of nitriles is 1. The molecule has 3 fully saturated rings. The standard InChI is InChI=1S/C41H46ClF3N8O5S/c1-5-25-16-29(53-39(59)52(38(57)40(53,3)4)30-20-31(41(43,44)45)33(21-46)47-22-30)6-8-34(25)58-15-12-24-10-13-51(14-11-24)23(2)36(55)49-28-18-26(42)17-27(19-28)48-32-7-9-35(54)50-37(32)56/h6,8,16-20,22-24,32,39,48,59H,5,7,9-15H2,1-4H3,(H,49,55)(H,50,54,56)/t23-,32-,39+/m0/s1. The van der Waals surface area contributed by atoms with E-state index in [0.29, 0.717) is 53.2 Å². The van der Waals surface area contributed by atoms with Gasteiger partial charge < -0.3 is 20.3 Å². The van der Waals surface area contributed by atoms with Crippen molar-refractivity contribution in [3.8, 4) is 11.8 Å². The van der Waals surface area contributed by atoms with Crippen LogP contribution in [0.1, 0.15) is 76.6 Å². The van der Waals surface area contributed by atoms with E-state index in [0.717, 1.165) is 55.1 Å². The van der Waals surface area contributed by atoms with Crippen molar-refractivity contribution in [3.63, 3.8) is 0 Å². The van der Waals surface area contributed by atoms with Crippen molar-refractivity contribution >= 4 is 70.6 Å². The highest BCUT2D eigenvalue weighted by atomic mass is 35.5. The normalized spacial score (nSPS) is 20.6. The van der Waals surface area contributed by atoms with E-state index in [1.165, 1.54) is 6.07 Å². The molecule has 3 saturated heterocycles. The summed E-state index contributed by atoms with van der Waals surface area (Å²) < 4.78 is 47.5. The van der Waals surface area contributed by atoms with E-state index in [-0.39, 0.29) is 23.9 Å². The van der Waals surface area contributed by atoms with E-state index in [4.69, 9.17) is 29.0 Å². The van der Waals surface area contributed by atoms with Gasteiger partial charge in [0, 0.05) is 28.5 Å². The van der Waals surface area contributed by atoms with Gasteiger partial charge in [0.25, 0.3) is 5.91 Å². The molecule has 3 N–H and O–H groups in total. The van der Waals surface area contributed by atoms with Crippen molar-refractivity contribution in [2.24, 2.45) is 5.92 Å². The number of nitrogens with zero attached hydrogens (tertiary/aromatic N) is 5. The third-order valence-corrected chi connectivity index (χ3v) is 11.9. The first-order chi connectivity index (χ1) is 27.9. The molecule has 13 nitrogen and oxygen atoms in total.